The molecule has 1 N–H and O–H groups in total. The lowest BCUT2D eigenvalue weighted by molar-refractivity contribution is 0.102. The average Bonchev–Trinajstić information content (AvgIpc) is 2.56. The van der Waals surface area contributed by atoms with Crippen molar-refractivity contribution in [3.8, 4) is 11.8 Å². The highest BCUT2D eigenvalue weighted by atomic mass is 79.9. The van der Waals surface area contributed by atoms with Gasteiger partial charge in [0.15, 0.2) is 0 Å². The quantitative estimate of drug-likeness (QED) is 0.743. The number of nitriles is 1. The highest BCUT2D eigenvalue weighted by Crippen LogP contribution is 2.26. The molecule has 0 saturated heterocycles. The van der Waals surface area contributed by atoms with Crippen molar-refractivity contribution in [2.24, 2.45) is 0 Å². The van der Waals surface area contributed by atoms with Gasteiger partial charge in [-0.1, -0.05) is 19.4 Å². The number of ether oxygens (including phenoxy) is 1. The number of nitrogens with zero attached hydrogens (tertiary/aromatic N) is 1. The van der Waals surface area contributed by atoms with Crippen LogP contribution < -0.4 is 10.1 Å². The Bertz CT molecular complexity index is 738. The molecule has 23 heavy (non-hydrogen) atoms. The number of amides is 1. The van der Waals surface area contributed by atoms with E-state index in [0.717, 1.165) is 23.1 Å². The maximum Gasteiger partial charge on any atom is 0.255 e. The monoisotopic (exact) mass is 372 g/mol. The molecule has 0 heterocycles. The molecule has 0 fully saturated rings. The number of hydrogen-bond donors (Lipinski definition) is 1. The molecule has 2 rings (SSSR count). The summed E-state index contributed by atoms with van der Waals surface area (Å²) in [7, 11) is 0. The number of halogens is 1. The molecule has 118 valence electrons. The van der Waals surface area contributed by atoms with E-state index in [-0.39, 0.29) is 5.91 Å². The molecule has 0 aliphatic rings. The van der Waals surface area contributed by atoms with Crippen molar-refractivity contribution >= 4 is 27.5 Å². The zero-order valence-electron chi connectivity index (χ0n) is 12.8. The van der Waals surface area contributed by atoms with Gasteiger partial charge < -0.3 is 10.1 Å². The van der Waals surface area contributed by atoms with Gasteiger partial charge in [0.2, 0.25) is 0 Å². The Morgan fingerprint density at radius 2 is 2.13 bits per heavy atom. The molecule has 1 amide bonds. The minimum Gasteiger partial charge on any atom is -0.492 e. The zero-order chi connectivity index (χ0) is 16.7. The molecule has 0 saturated carbocycles. The van der Waals surface area contributed by atoms with Crippen LogP contribution in [-0.2, 0) is 0 Å². The van der Waals surface area contributed by atoms with Crippen LogP contribution in [0.25, 0.3) is 0 Å². The van der Waals surface area contributed by atoms with Crippen LogP contribution in [0.3, 0.4) is 0 Å². The van der Waals surface area contributed by atoms with Crippen LogP contribution in [0.5, 0.6) is 5.75 Å². The molecule has 4 nitrogen and oxygen atoms in total. The first-order valence-corrected chi connectivity index (χ1v) is 8.17. The van der Waals surface area contributed by atoms with Crippen LogP contribution in [0.15, 0.2) is 46.9 Å². The first kappa shape index (κ1) is 17.0. The maximum atomic E-state index is 12.3. The molecule has 0 spiro atoms. The first-order chi connectivity index (χ1) is 11.1. The third-order valence-corrected chi connectivity index (χ3v) is 3.82. The molecule has 2 aromatic rings. The van der Waals surface area contributed by atoms with Crippen molar-refractivity contribution < 1.29 is 9.53 Å². The minimum absolute atomic E-state index is 0.235. The summed E-state index contributed by atoms with van der Waals surface area (Å²) in [6, 6.07) is 14.1. The Kier molecular flexibility index (Phi) is 6.19. The molecule has 0 unspecified atom stereocenters. The van der Waals surface area contributed by atoms with Crippen molar-refractivity contribution in [1.29, 1.82) is 5.26 Å². The third kappa shape index (κ3) is 4.83. The second kappa shape index (κ2) is 8.35. The fourth-order valence-corrected chi connectivity index (χ4v) is 2.45. The average molecular weight is 373 g/mol. The SMILES string of the molecule is CCCCOc1ccc(C(=O)Nc2cccc(C#N)c2)cc1Br. The number of nitrogens with one attached hydrogen (secondary N) is 1. The van der Waals surface area contributed by atoms with E-state index in [1.54, 1.807) is 42.5 Å². The summed E-state index contributed by atoms with van der Waals surface area (Å²) in [5.41, 5.74) is 1.61. The van der Waals surface area contributed by atoms with Crippen molar-refractivity contribution in [2.75, 3.05) is 11.9 Å². The zero-order valence-corrected chi connectivity index (χ0v) is 14.4. The second-order valence-electron chi connectivity index (χ2n) is 4.99. The summed E-state index contributed by atoms with van der Waals surface area (Å²) < 4.78 is 6.39. The molecular weight excluding hydrogens is 356 g/mol. The maximum absolute atomic E-state index is 12.3. The number of carbonyl (C=O) groups is 1. The van der Waals surface area contributed by atoms with Crippen LogP contribution >= 0.6 is 15.9 Å². The summed E-state index contributed by atoms with van der Waals surface area (Å²) in [6.45, 7) is 2.76. The number of benzene rings is 2. The van der Waals surface area contributed by atoms with Crippen LogP contribution in [0.1, 0.15) is 35.7 Å². The van der Waals surface area contributed by atoms with Crippen LogP contribution in [0, 0.1) is 11.3 Å². The van der Waals surface area contributed by atoms with Gasteiger partial charge in [-0.25, -0.2) is 0 Å². The van der Waals surface area contributed by atoms with E-state index < -0.39 is 0 Å². The predicted octanol–water partition coefficient (Wildman–Crippen LogP) is 4.75. The van der Waals surface area contributed by atoms with Crippen molar-refractivity contribution in [3.63, 3.8) is 0 Å². The molecule has 0 radical (unpaired) electrons. The Morgan fingerprint density at radius 3 is 2.83 bits per heavy atom. The van der Waals surface area contributed by atoms with Gasteiger partial charge in [0, 0.05) is 11.3 Å². The van der Waals surface area contributed by atoms with Crippen molar-refractivity contribution in [2.45, 2.75) is 19.8 Å². The van der Waals surface area contributed by atoms with Gasteiger partial charge in [-0.15, -0.1) is 0 Å². The summed E-state index contributed by atoms with van der Waals surface area (Å²) in [6.07, 6.45) is 2.06. The van der Waals surface area contributed by atoms with Gasteiger partial charge in [-0.2, -0.15) is 5.26 Å². The highest BCUT2D eigenvalue weighted by molar-refractivity contribution is 9.10. The topological polar surface area (TPSA) is 62.1 Å². The second-order valence-corrected chi connectivity index (χ2v) is 5.85. The van der Waals surface area contributed by atoms with Gasteiger partial charge in [0.25, 0.3) is 5.91 Å². The molecule has 0 aliphatic heterocycles. The number of anilines is 1. The van der Waals surface area contributed by atoms with E-state index in [4.69, 9.17) is 10.00 Å². The number of carbonyl (C=O) groups excluding carboxylic acids is 1. The Morgan fingerprint density at radius 1 is 1.30 bits per heavy atom. The first-order valence-electron chi connectivity index (χ1n) is 7.38. The van der Waals surface area contributed by atoms with Gasteiger partial charge in [-0.05, 0) is 58.7 Å². The van der Waals surface area contributed by atoms with E-state index in [2.05, 4.69) is 28.2 Å². The Hall–Kier alpha value is -2.32. The lowest BCUT2D eigenvalue weighted by atomic mass is 10.2. The normalized spacial score (nSPS) is 9.96. The third-order valence-electron chi connectivity index (χ3n) is 3.20. The van der Waals surface area contributed by atoms with Crippen LogP contribution in [0.2, 0.25) is 0 Å². The Balaban J connectivity index is 2.07. The van der Waals surface area contributed by atoms with Crippen molar-refractivity contribution in [1.82, 2.24) is 0 Å². The van der Waals surface area contributed by atoms with Gasteiger partial charge >= 0.3 is 0 Å². The van der Waals surface area contributed by atoms with Crippen molar-refractivity contribution in [3.05, 3.63) is 58.1 Å². The van der Waals surface area contributed by atoms with E-state index in [9.17, 15) is 4.79 Å². The van der Waals surface area contributed by atoms with Gasteiger partial charge in [0.05, 0.1) is 22.7 Å². The molecule has 0 bridgehead atoms. The lowest BCUT2D eigenvalue weighted by Crippen LogP contribution is -2.12. The molecule has 0 atom stereocenters. The lowest BCUT2D eigenvalue weighted by Gasteiger charge is -2.10. The molecular formula is C18H17BrN2O2. The summed E-state index contributed by atoms with van der Waals surface area (Å²) in [5, 5.41) is 11.7. The van der Waals surface area contributed by atoms with Gasteiger partial charge in [0.1, 0.15) is 5.75 Å². The summed E-state index contributed by atoms with van der Waals surface area (Å²) in [5.74, 6) is 0.488. The van der Waals surface area contributed by atoms with E-state index in [1.807, 2.05) is 6.07 Å². The number of unbranched alkanes of at least 4 members (excludes halogenated alkanes) is 1. The minimum atomic E-state index is -0.235. The van der Waals surface area contributed by atoms with Crippen LogP contribution in [-0.4, -0.2) is 12.5 Å². The molecule has 5 heteroatoms. The fourth-order valence-electron chi connectivity index (χ4n) is 1.96. The highest BCUT2D eigenvalue weighted by Gasteiger charge is 2.10. The van der Waals surface area contributed by atoms with E-state index in [1.165, 1.54) is 0 Å². The number of hydrogen-bond acceptors (Lipinski definition) is 3. The largest absolute Gasteiger partial charge is 0.492 e. The molecule has 2 aromatic carbocycles. The van der Waals surface area contributed by atoms with Gasteiger partial charge in [-0.3, -0.25) is 4.79 Å². The standard InChI is InChI=1S/C18H17BrN2O2/c1-2-3-9-23-17-8-7-14(11-16(17)19)18(22)21-15-6-4-5-13(10-15)12-20/h4-8,10-11H,2-3,9H2,1H3,(H,21,22). The smallest absolute Gasteiger partial charge is 0.255 e. The summed E-state index contributed by atoms with van der Waals surface area (Å²) in [4.78, 5) is 12.3. The van der Waals surface area contributed by atoms with E-state index in [0.29, 0.717) is 23.4 Å². The Labute approximate surface area is 144 Å². The van der Waals surface area contributed by atoms with E-state index >= 15 is 0 Å². The number of rotatable bonds is 6. The molecule has 0 aliphatic carbocycles. The predicted molar refractivity (Wildman–Crippen MR) is 93.7 cm³/mol. The molecule has 0 aromatic heterocycles. The summed E-state index contributed by atoms with van der Waals surface area (Å²) >= 11 is 3.43. The fraction of sp³-hybridized carbons (Fsp3) is 0.222. The van der Waals surface area contributed by atoms with Crippen LogP contribution in [0.4, 0.5) is 5.69 Å².